The van der Waals surface area contributed by atoms with Gasteiger partial charge in [-0.1, -0.05) is 22.9 Å². The van der Waals surface area contributed by atoms with Crippen LogP contribution >= 0.6 is 15.9 Å². The van der Waals surface area contributed by atoms with E-state index in [1.807, 2.05) is 12.1 Å². The highest BCUT2D eigenvalue weighted by Crippen LogP contribution is 2.42. The van der Waals surface area contributed by atoms with Gasteiger partial charge in [-0.15, -0.1) is 0 Å². The maximum absolute atomic E-state index is 9.95. The highest BCUT2D eigenvalue weighted by Gasteiger charge is 2.25. The molecule has 0 heterocycles. The first-order valence-corrected chi connectivity index (χ1v) is 5.98. The first kappa shape index (κ1) is 11.0. The van der Waals surface area contributed by atoms with Gasteiger partial charge >= 0.3 is 0 Å². The minimum atomic E-state index is -0.345. The lowest BCUT2D eigenvalue weighted by Crippen LogP contribution is -2.13. The van der Waals surface area contributed by atoms with E-state index >= 15 is 0 Å². The summed E-state index contributed by atoms with van der Waals surface area (Å²) >= 11 is 3.55. The molecule has 2 rings (SSSR count). The van der Waals surface area contributed by atoms with E-state index in [1.54, 1.807) is 7.11 Å². The minimum Gasteiger partial charge on any atom is -0.497 e. The molecular formula is C12H15BrO2. The molecule has 0 aliphatic heterocycles. The average molecular weight is 271 g/mol. The zero-order valence-corrected chi connectivity index (χ0v) is 10.5. The van der Waals surface area contributed by atoms with Crippen LogP contribution in [0.25, 0.3) is 0 Å². The van der Waals surface area contributed by atoms with Crippen molar-refractivity contribution in [1.29, 1.82) is 0 Å². The van der Waals surface area contributed by atoms with Crippen LogP contribution < -0.4 is 4.74 Å². The number of hydrogen-bond donors (Lipinski definition) is 1. The predicted octanol–water partition coefficient (Wildman–Crippen LogP) is 3.39. The quantitative estimate of drug-likeness (QED) is 0.848. The van der Waals surface area contributed by atoms with Crippen LogP contribution in [-0.4, -0.2) is 12.2 Å². The van der Waals surface area contributed by atoms with Crippen molar-refractivity contribution < 1.29 is 9.84 Å². The number of hydrogen-bond acceptors (Lipinski definition) is 2. The Hall–Kier alpha value is -0.540. The molecule has 0 fully saturated rings. The molecule has 0 radical (unpaired) electrons. The number of ether oxygens (including phenoxy) is 1. The molecule has 0 amide bonds. The lowest BCUT2D eigenvalue weighted by molar-refractivity contribution is 0.151. The summed E-state index contributed by atoms with van der Waals surface area (Å²) in [6.45, 7) is 2.20. The third kappa shape index (κ3) is 1.91. The van der Waals surface area contributed by atoms with E-state index < -0.39 is 0 Å². The highest BCUT2D eigenvalue weighted by molar-refractivity contribution is 9.10. The second kappa shape index (κ2) is 4.14. The van der Waals surface area contributed by atoms with Gasteiger partial charge in [-0.3, -0.25) is 0 Å². The van der Waals surface area contributed by atoms with Crippen molar-refractivity contribution in [1.82, 2.24) is 0 Å². The van der Waals surface area contributed by atoms with E-state index in [0.717, 1.165) is 28.6 Å². The maximum atomic E-state index is 9.95. The van der Waals surface area contributed by atoms with Gasteiger partial charge in [0.25, 0.3) is 0 Å². The number of benzene rings is 1. The maximum Gasteiger partial charge on any atom is 0.120 e. The van der Waals surface area contributed by atoms with Crippen LogP contribution in [-0.2, 0) is 0 Å². The number of fused-ring (bicyclic) bond motifs is 1. The van der Waals surface area contributed by atoms with Crippen LogP contribution in [0.15, 0.2) is 16.6 Å². The van der Waals surface area contributed by atoms with E-state index in [2.05, 4.69) is 22.9 Å². The van der Waals surface area contributed by atoms with Gasteiger partial charge in [-0.25, -0.2) is 0 Å². The number of methoxy groups -OCH3 is 1. The molecule has 1 aliphatic rings. The van der Waals surface area contributed by atoms with Gasteiger partial charge in [-0.2, -0.15) is 0 Å². The fourth-order valence-corrected chi connectivity index (χ4v) is 3.08. The lowest BCUT2D eigenvalue weighted by atomic mass is 9.82. The van der Waals surface area contributed by atoms with Crippen LogP contribution in [0, 0.1) is 0 Å². The Bertz CT molecular complexity index is 376. The van der Waals surface area contributed by atoms with Crippen molar-refractivity contribution in [2.45, 2.75) is 31.8 Å². The molecule has 2 atom stereocenters. The van der Waals surface area contributed by atoms with Gasteiger partial charge in [0.15, 0.2) is 0 Å². The average Bonchev–Trinajstić information content (AvgIpc) is 2.23. The fraction of sp³-hybridized carbons (Fsp3) is 0.500. The molecule has 0 saturated carbocycles. The van der Waals surface area contributed by atoms with Crippen molar-refractivity contribution in [3.8, 4) is 5.75 Å². The van der Waals surface area contributed by atoms with Crippen LogP contribution in [0.4, 0.5) is 0 Å². The van der Waals surface area contributed by atoms with Crippen molar-refractivity contribution in [3.63, 3.8) is 0 Å². The second-order valence-corrected chi connectivity index (χ2v) is 4.96. The summed E-state index contributed by atoms with van der Waals surface area (Å²) in [6, 6.07) is 3.91. The largest absolute Gasteiger partial charge is 0.497 e. The van der Waals surface area contributed by atoms with Crippen LogP contribution in [0.2, 0.25) is 0 Å². The van der Waals surface area contributed by atoms with Crippen molar-refractivity contribution in [2.75, 3.05) is 7.11 Å². The van der Waals surface area contributed by atoms with Crippen molar-refractivity contribution in [2.24, 2.45) is 0 Å². The number of halogens is 1. The molecule has 82 valence electrons. The zero-order chi connectivity index (χ0) is 11.0. The first-order chi connectivity index (χ1) is 7.13. The zero-order valence-electron chi connectivity index (χ0n) is 8.96. The van der Waals surface area contributed by atoms with Gasteiger partial charge in [0.2, 0.25) is 0 Å². The Morgan fingerprint density at radius 3 is 2.80 bits per heavy atom. The molecule has 1 N–H and O–H groups in total. The topological polar surface area (TPSA) is 29.5 Å². The Morgan fingerprint density at radius 1 is 1.40 bits per heavy atom. The first-order valence-electron chi connectivity index (χ1n) is 5.19. The third-order valence-corrected chi connectivity index (χ3v) is 3.75. The van der Waals surface area contributed by atoms with Gasteiger partial charge in [0.05, 0.1) is 13.2 Å². The van der Waals surface area contributed by atoms with Gasteiger partial charge < -0.3 is 9.84 Å². The fourth-order valence-electron chi connectivity index (χ4n) is 2.23. The molecule has 3 heteroatoms. The Kier molecular flexibility index (Phi) is 3.03. The molecule has 0 saturated heterocycles. The summed E-state index contributed by atoms with van der Waals surface area (Å²) in [5, 5.41) is 9.95. The normalized spacial score (nSPS) is 24.8. The SMILES string of the molecule is COc1cc(Br)c2c(c1)[C@H](O)CCC2C. The smallest absolute Gasteiger partial charge is 0.120 e. The Labute approximate surface area is 98.4 Å². The van der Waals surface area contributed by atoms with Crippen LogP contribution in [0.1, 0.15) is 42.9 Å². The molecule has 0 bridgehead atoms. The standard InChI is InChI=1S/C12H15BrO2/c1-7-3-4-11(14)9-5-8(15-2)6-10(13)12(7)9/h5-7,11,14H,3-4H2,1-2H3/t7?,11-/m1/s1. The van der Waals surface area contributed by atoms with E-state index in [4.69, 9.17) is 4.74 Å². The summed E-state index contributed by atoms with van der Waals surface area (Å²) in [7, 11) is 1.65. The Balaban J connectivity index is 2.56. The second-order valence-electron chi connectivity index (χ2n) is 4.11. The van der Waals surface area contributed by atoms with E-state index in [-0.39, 0.29) is 6.10 Å². The molecule has 1 aromatic rings. The summed E-state index contributed by atoms with van der Waals surface area (Å²) < 4.78 is 6.25. The monoisotopic (exact) mass is 270 g/mol. The summed E-state index contributed by atoms with van der Waals surface area (Å²) in [5.74, 6) is 1.30. The summed E-state index contributed by atoms with van der Waals surface area (Å²) in [6.07, 6.45) is 1.54. The minimum absolute atomic E-state index is 0.345. The Morgan fingerprint density at radius 2 is 2.13 bits per heavy atom. The molecule has 15 heavy (non-hydrogen) atoms. The molecular weight excluding hydrogens is 256 g/mol. The molecule has 1 aliphatic carbocycles. The van der Waals surface area contributed by atoms with Crippen molar-refractivity contribution in [3.05, 3.63) is 27.7 Å². The van der Waals surface area contributed by atoms with Crippen molar-refractivity contribution >= 4 is 15.9 Å². The van der Waals surface area contributed by atoms with E-state index in [1.165, 1.54) is 5.56 Å². The van der Waals surface area contributed by atoms with E-state index in [0.29, 0.717) is 5.92 Å². The van der Waals surface area contributed by atoms with Crippen LogP contribution in [0.5, 0.6) is 5.75 Å². The van der Waals surface area contributed by atoms with Crippen LogP contribution in [0.3, 0.4) is 0 Å². The summed E-state index contributed by atoms with van der Waals surface area (Å²) in [4.78, 5) is 0. The number of aliphatic hydroxyl groups excluding tert-OH is 1. The van der Waals surface area contributed by atoms with Gasteiger partial charge in [-0.05, 0) is 42.0 Å². The molecule has 0 aromatic heterocycles. The van der Waals surface area contributed by atoms with Gasteiger partial charge in [0, 0.05) is 4.47 Å². The molecule has 2 nitrogen and oxygen atoms in total. The number of rotatable bonds is 1. The third-order valence-electron chi connectivity index (χ3n) is 3.10. The molecule has 1 unspecified atom stereocenters. The molecule has 1 aromatic carbocycles. The lowest BCUT2D eigenvalue weighted by Gasteiger charge is -2.28. The molecule has 0 spiro atoms. The summed E-state index contributed by atoms with van der Waals surface area (Å²) in [5.41, 5.74) is 2.24. The predicted molar refractivity (Wildman–Crippen MR) is 63.3 cm³/mol. The number of aliphatic hydroxyl groups is 1. The highest BCUT2D eigenvalue weighted by atomic mass is 79.9. The van der Waals surface area contributed by atoms with E-state index in [9.17, 15) is 5.11 Å². The van der Waals surface area contributed by atoms with Gasteiger partial charge in [0.1, 0.15) is 5.75 Å².